The smallest absolute Gasteiger partial charge is 0.114 e. The maximum atomic E-state index is 9.15. The Hall–Kier alpha value is -1.99. The van der Waals surface area contributed by atoms with Crippen molar-refractivity contribution in [3.8, 4) is 17.2 Å². The van der Waals surface area contributed by atoms with E-state index in [1.807, 2.05) is 37.3 Å². The Balaban J connectivity index is 2.49. The number of para-hydroxylation sites is 1. The Kier molecular flexibility index (Phi) is 3.85. The summed E-state index contributed by atoms with van der Waals surface area (Å²) in [5.41, 5.74) is 9.01. The number of hydrogen-bond donors (Lipinski definition) is 1. The predicted molar refractivity (Wildman–Crippen MR) is 75.2 cm³/mol. The van der Waals surface area contributed by atoms with Gasteiger partial charge in [0.05, 0.1) is 5.56 Å². The predicted octanol–water partition coefficient (Wildman–Crippen LogP) is 3.31. The molecule has 2 aromatic rings. The molecule has 4 heteroatoms. The molecule has 1 heterocycles. The lowest BCUT2D eigenvalue weighted by atomic mass is 10.0. The van der Waals surface area contributed by atoms with Gasteiger partial charge in [-0.1, -0.05) is 25.1 Å². The molecule has 2 rings (SSSR count). The van der Waals surface area contributed by atoms with Gasteiger partial charge in [0.15, 0.2) is 0 Å². The van der Waals surface area contributed by atoms with Gasteiger partial charge in [-0.05, 0) is 17.9 Å². The van der Waals surface area contributed by atoms with Gasteiger partial charge in [0.1, 0.15) is 11.1 Å². The SMILES string of the molecule is CCSc1ncc(-c2ccccc2N)cc1C#N. The summed E-state index contributed by atoms with van der Waals surface area (Å²) in [4.78, 5) is 4.34. The third-order valence-electron chi connectivity index (χ3n) is 2.52. The van der Waals surface area contributed by atoms with Gasteiger partial charge in [-0.2, -0.15) is 5.26 Å². The van der Waals surface area contributed by atoms with Gasteiger partial charge < -0.3 is 5.73 Å². The molecule has 0 amide bonds. The van der Waals surface area contributed by atoms with E-state index in [1.165, 1.54) is 0 Å². The van der Waals surface area contributed by atoms with Gasteiger partial charge in [-0.15, -0.1) is 11.8 Å². The Morgan fingerprint density at radius 2 is 2.17 bits per heavy atom. The van der Waals surface area contributed by atoms with Gasteiger partial charge in [0, 0.05) is 23.0 Å². The Bertz CT molecular complexity index is 602. The van der Waals surface area contributed by atoms with Crippen molar-refractivity contribution in [1.29, 1.82) is 5.26 Å². The molecule has 2 N–H and O–H groups in total. The number of nitrogens with zero attached hydrogens (tertiary/aromatic N) is 2. The summed E-state index contributed by atoms with van der Waals surface area (Å²) in [5, 5.41) is 9.93. The summed E-state index contributed by atoms with van der Waals surface area (Å²) < 4.78 is 0. The topological polar surface area (TPSA) is 62.7 Å². The maximum Gasteiger partial charge on any atom is 0.114 e. The Morgan fingerprint density at radius 1 is 1.39 bits per heavy atom. The molecule has 0 bridgehead atoms. The van der Waals surface area contributed by atoms with Gasteiger partial charge in [0.2, 0.25) is 0 Å². The van der Waals surface area contributed by atoms with Crippen LogP contribution >= 0.6 is 11.8 Å². The van der Waals surface area contributed by atoms with Crippen LogP contribution in [0.2, 0.25) is 0 Å². The van der Waals surface area contributed by atoms with E-state index in [4.69, 9.17) is 11.0 Å². The van der Waals surface area contributed by atoms with E-state index < -0.39 is 0 Å². The molecule has 0 spiro atoms. The summed E-state index contributed by atoms with van der Waals surface area (Å²) in [6.45, 7) is 2.04. The van der Waals surface area contributed by atoms with Gasteiger partial charge in [-0.25, -0.2) is 4.98 Å². The Labute approximate surface area is 111 Å². The molecule has 90 valence electrons. The molecule has 0 radical (unpaired) electrons. The molecule has 0 aliphatic heterocycles. The first-order valence-corrected chi connectivity index (χ1v) is 6.62. The second-order valence-corrected chi connectivity index (χ2v) is 4.96. The number of rotatable bonds is 3. The minimum Gasteiger partial charge on any atom is -0.398 e. The second kappa shape index (κ2) is 5.56. The zero-order valence-corrected chi connectivity index (χ0v) is 10.9. The molecule has 0 atom stereocenters. The van der Waals surface area contributed by atoms with Crippen LogP contribution < -0.4 is 5.73 Å². The van der Waals surface area contributed by atoms with Crippen LogP contribution in [0.3, 0.4) is 0 Å². The van der Waals surface area contributed by atoms with Crippen LogP contribution in [0.25, 0.3) is 11.1 Å². The number of nitrogens with two attached hydrogens (primary N) is 1. The van der Waals surface area contributed by atoms with Crippen LogP contribution in [-0.2, 0) is 0 Å². The highest BCUT2D eigenvalue weighted by atomic mass is 32.2. The van der Waals surface area contributed by atoms with Gasteiger partial charge >= 0.3 is 0 Å². The Morgan fingerprint density at radius 3 is 2.83 bits per heavy atom. The van der Waals surface area contributed by atoms with Crippen LogP contribution in [0.15, 0.2) is 41.6 Å². The van der Waals surface area contributed by atoms with Crippen molar-refractivity contribution < 1.29 is 0 Å². The van der Waals surface area contributed by atoms with E-state index in [1.54, 1.807) is 18.0 Å². The van der Waals surface area contributed by atoms with Crippen LogP contribution in [0.4, 0.5) is 5.69 Å². The first kappa shape index (κ1) is 12.5. The maximum absolute atomic E-state index is 9.15. The number of nitrogen functional groups attached to an aromatic ring is 1. The van der Waals surface area contributed by atoms with E-state index >= 15 is 0 Å². The number of hydrogen-bond acceptors (Lipinski definition) is 4. The van der Waals surface area contributed by atoms with Gasteiger partial charge in [-0.3, -0.25) is 0 Å². The van der Waals surface area contributed by atoms with E-state index in [0.29, 0.717) is 11.3 Å². The van der Waals surface area contributed by atoms with Crippen molar-refractivity contribution in [1.82, 2.24) is 4.98 Å². The number of aromatic nitrogens is 1. The molecular formula is C14H13N3S. The van der Waals surface area contributed by atoms with E-state index in [2.05, 4.69) is 11.1 Å². The largest absolute Gasteiger partial charge is 0.398 e. The standard InChI is InChI=1S/C14H13N3S/c1-2-18-14-10(8-15)7-11(9-17-14)12-5-3-4-6-13(12)16/h3-7,9H,2,16H2,1H3. The van der Waals surface area contributed by atoms with E-state index in [0.717, 1.165) is 21.9 Å². The normalized spacial score (nSPS) is 10.0. The lowest BCUT2D eigenvalue weighted by molar-refractivity contribution is 1.11. The minimum absolute atomic E-state index is 0.600. The summed E-state index contributed by atoms with van der Waals surface area (Å²) in [5.74, 6) is 0.897. The highest BCUT2D eigenvalue weighted by Gasteiger charge is 2.08. The van der Waals surface area contributed by atoms with Crippen LogP contribution in [0.1, 0.15) is 12.5 Å². The van der Waals surface area contributed by atoms with Crippen molar-refractivity contribution in [3.05, 3.63) is 42.1 Å². The molecule has 3 nitrogen and oxygen atoms in total. The molecular weight excluding hydrogens is 242 g/mol. The first-order chi connectivity index (χ1) is 8.76. The fourth-order valence-electron chi connectivity index (χ4n) is 1.69. The molecule has 0 aliphatic carbocycles. The molecule has 0 fully saturated rings. The summed E-state index contributed by atoms with van der Waals surface area (Å²) in [7, 11) is 0. The van der Waals surface area contributed by atoms with Crippen molar-refractivity contribution in [2.75, 3.05) is 11.5 Å². The average Bonchev–Trinajstić information content (AvgIpc) is 2.40. The zero-order valence-electron chi connectivity index (χ0n) is 10.1. The first-order valence-electron chi connectivity index (χ1n) is 5.64. The molecule has 0 saturated carbocycles. The number of benzene rings is 1. The van der Waals surface area contributed by atoms with Crippen molar-refractivity contribution >= 4 is 17.4 Å². The quantitative estimate of drug-likeness (QED) is 0.675. The summed E-state index contributed by atoms with van der Waals surface area (Å²) >= 11 is 1.57. The molecule has 0 aliphatic rings. The van der Waals surface area contributed by atoms with Crippen LogP contribution in [-0.4, -0.2) is 10.7 Å². The van der Waals surface area contributed by atoms with E-state index in [9.17, 15) is 0 Å². The van der Waals surface area contributed by atoms with E-state index in [-0.39, 0.29) is 0 Å². The highest BCUT2D eigenvalue weighted by Crippen LogP contribution is 2.28. The van der Waals surface area contributed by atoms with Gasteiger partial charge in [0.25, 0.3) is 0 Å². The lowest BCUT2D eigenvalue weighted by Gasteiger charge is -2.07. The fraction of sp³-hybridized carbons (Fsp3) is 0.143. The molecule has 1 aromatic heterocycles. The van der Waals surface area contributed by atoms with Crippen LogP contribution in [0.5, 0.6) is 0 Å². The molecule has 0 unspecified atom stereocenters. The number of nitriles is 1. The second-order valence-electron chi connectivity index (χ2n) is 3.71. The molecule has 1 aromatic carbocycles. The minimum atomic E-state index is 0.600. The van der Waals surface area contributed by atoms with Crippen LogP contribution in [0, 0.1) is 11.3 Å². The molecule has 18 heavy (non-hydrogen) atoms. The fourth-order valence-corrected chi connectivity index (χ4v) is 2.35. The summed E-state index contributed by atoms with van der Waals surface area (Å²) in [6.07, 6.45) is 1.77. The third kappa shape index (κ3) is 2.47. The third-order valence-corrected chi connectivity index (χ3v) is 3.41. The number of pyridine rings is 1. The number of thioether (sulfide) groups is 1. The lowest BCUT2D eigenvalue weighted by Crippen LogP contribution is -1.93. The highest BCUT2D eigenvalue weighted by molar-refractivity contribution is 7.99. The van der Waals surface area contributed by atoms with Crippen molar-refractivity contribution in [2.45, 2.75) is 11.9 Å². The monoisotopic (exact) mass is 255 g/mol. The van der Waals surface area contributed by atoms with Crippen molar-refractivity contribution in [3.63, 3.8) is 0 Å². The number of anilines is 1. The zero-order chi connectivity index (χ0) is 13.0. The van der Waals surface area contributed by atoms with Crippen molar-refractivity contribution in [2.24, 2.45) is 0 Å². The average molecular weight is 255 g/mol. The summed E-state index contributed by atoms with van der Waals surface area (Å²) in [6, 6.07) is 11.6. The molecule has 0 saturated heterocycles.